The number of allylic oxidation sites excluding steroid dienone is 3. The van der Waals surface area contributed by atoms with Crippen LogP contribution < -0.4 is 11.5 Å². The predicted molar refractivity (Wildman–Crippen MR) is 65.0 cm³/mol. The number of hydrogen-bond acceptors (Lipinski definition) is 4. The summed E-state index contributed by atoms with van der Waals surface area (Å²) in [4.78, 5) is 10.7. The Morgan fingerprint density at radius 2 is 2.29 bits per heavy atom. The molecule has 0 saturated heterocycles. The summed E-state index contributed by atoms with van der Waals surface area (Å²) in [7, 11) is 0. The molecule has 2 unspecified atom stereocenters. The van der Waals surface area contributed by atoms with Crippen LogP contribution in [-0.4, -0.2) is 22.2 Å². The fraction of sp³-hybridized carbons (Fsp3) is 0.417. The summed E-state index contributed by atoms with van der Waals surface area (Å²) in [6.07, 6.45) is 6.70. The molecule has 6 N–H and O–H groups in total. The first-order valence-corrected chi connectivity index (χ1v) is 5.43. The minimum absolute atomic E-state index is 0.101. The van der Waals surface area contributed by atoms with E-state index < -0.39 is 12.0 Å². The molecule has 0 spiro atoms. The van der Waals surface area contributed by atoms with E-state index in [1.54, 1.807) is 12.2 Å². The summed E-state index contributed by atoms with van der Waals surface area (Å²) in [6.45, 7) is 1.97. The predicted octanol–water partition coefficient (Wildman–Crippen LogP) is 0.895. The van der Waals surface area contributed by atoms with Crippen molar-refractivity contribution in [2.75, 3.05) is 0 Å². The van der Waals surface area contributed by atoms with Crippen molar-refractivity contribution in [2.45, 2.75) is 19.4 Å². The SMILES string of the molecule is C[C@@H]1C=CC(O)=CC1/C(=C\N)CC(N)C(=O)O. The number of carboxylic acid groups (broad SMARTS) is 1. The number of rotatable bonds is 4. The number of aliphatic hydroxyl groups is 1. The van der Waals surface area contributed by atoms with E-state index in [1.165, 1.54) is 6.20 Å². The van der Waals surface area contributed by atoms with Crippen molar-refractivity contribution in [1.29, 1.82) is 0 Å². The van der Waals surface area contributed by atoms with Crippen LogP contribution in [0.15, 0.2) is 35.8 Å². The van der Waals surface area contributed by atoms with Crippen molar-refractivity contribution >= 4 is 5.97 Å². The van der Waals surface area contributed by atoms with Gasteiger partial charge in [-0.2, -0.15) is 0 Å². The lowest BCUT2D eigenvalue weighted by atomic mass is 9.81. The zero-order chi connectivity index (χ0) is 13.0. The molecule has 3 atom stereocenters. The third kappa shape index (κ3) is 3.35. The zero-order valence-electron chi connectivity index (χ0n) is 9.71. The molecule has 0 heterocycles. The Hall–Kier alpha value is -1.75. The van der Waals surface area contributed by atoms with E-state index in [0.29, 0.717) is 0 Å². The van der Waals surface area contributed by atoms with Gasteiger partial charge in [-0.1, -0.05) is 13.0 Å². The van der Waals surface area contributed by atoms with Crippen LogP contribution in [0.4, 0.5) is 0 Å². The molecular formula is C12H18N2O3. The maximum atomic E-state index is 10.7. The van der Waals surface area contributed by atoms with E-state index in [1.807, 2.05) is 13.0 Å². The van der Waals surface area contributed by atoms with Crippen molar-refractivity contribution in [3.63, 3.8) is 0 Å². The molecule has 1 aliphatic carbocycles. The molecule has 0 amide bonds. The van der Waals surface area contributed by atoms with Crippen LogP contribution >= 0.6 is 0 Å². The van der Waals surface area contributed by atoms with E-state index in [0.717, 1.165) is 5.57 Å². The quantitative estimate of drug-likeness (QED) is 0.581. The second-order valence-corrected chi connectivity index (χ2v) is 4.23. The Balaban J connectivity index is 2.82. The van der Waals surface area contributed by atoms with Crippen LogP contribution in [0, 0.1) is 11.8 Å². The van der Waals surface area contributed by atoms with Gasteiger partial charge in [0.2, 0.25) is 0 Å². The Bertz CT molecular complexity index is 385. The van der Waals surface area contributed by atoms with E-state index in [2.05, 4.69) is 0 Å². The van der Waals surface area contributed by atoms with Gasteiger partial charge in [0.15, 0.2) is 0 Å². The van der Waals surface area contributed by atoms with Crippen molar-refractivity contribution in [3.8, 4) is 0 Å². The van der Waals surface area contributed by atoms with Gasteiger partial charge in [0, 0.05) is 5.92 Å². The highest BCUT2D eigenvalue weighted by atomic mass is 16.4. The van der Waals surface area contributed by atoms with Gasteiger partial charge in [-0.15, -0.1) is 0 Å². The Morgan fingerprint density at radius 3 is 2.82 bits per heavy atom. The molecule has 0 radical (unpaired) electrons. The molecule has 0 aromatic heterocycles. The van der Waals surface area contributed by atoms with E-state index in [9.17, 15) is 9.90 Å². The summed E-state index contributed by atoms with van der Waals surface area (Å²) in [5, 5.41) is 18.2. The lowest BCUT2D eigenvalue weighted by Gasteiger charge is -2.25. The van der Waals surface area contributed by atoms with Crippen LogP contribution in [0.2, 0.25) is 0 Å². The van der Waals surface area contributed by atoms with Crippen LogP contribution in [0.1, 0.15) is 13.3 Å². The van der Waals surface area contributed by atoms with Crippen LogP contribution in [-0.2, 0) is 4.79 Å². The maximum absolute atomic E-state index is 10.7. The highest BCUT2D eigenvalue weighted by Gasteiger charge is 2.24. The smallest absolute Gasteiger partial charge is 0.320 e. The van der Waals surface area contributed by atoms with Crippen molar-refractivity contribution in [3.05, 3.63) is 35.8 Å². The first kappa shape index (κ1) is 13.3. The van der Waals surface area contributed by atoms with Gasteiger partial charge in [-0.05, 0) is 36.3 Å². The summed E-state index contributed by atoms with van der Waals surface area (Å²) >= 11 is 0. The van der Waals surface area contributed by atoms with Gasteiger partial charge in [-0.25, -0.2) is 0 Å². The molecule has 1 aliphatic rings. The summed E-state index contributed by atoms with van der Waals surface area (Å²) in [5.41, 5.74) is 11.7. The van der Waals surface area contributed by atoms with E-state index in [4.69, 9.17) is 16.6 Å². The van der Waals surface area contributed by atoms with Crippen molar-refractivity contribution < 1.29 is 15.0 Å². The molecule has 17 heavy (non-hydrogen) atoms. The first-order chi connectivity index (χ1) is 7.95. The minimum Gasteiger partial charge on any atom is -0.508 e. The van der Waals surface area contributed by atoms with Gasteiger partial charge >= 0.3 is 5.97 Å². The van der Waals surface area contributed by atoms with Gasteiger partial charge in [0.1, 0.15) is 11.8 Å². The Labute approximate surface area is 100 Å². The van der Waals surface area contributed by atoms with Crippen LogP contribution in [0.5, 0.6) is 0 Å². The molecule has 0 aliphatic heterocycles. The minimum atomic E-state index is -1.06. The molecule has 0 aromatic carbocycles. The molecule has 5 nitrogen and oxygen atoms in total. The number of hydrogen-bond donors (Lipinski definition) is 4. The molecule has 0 fully saturated rings. The third-order valence-electron chi connectivity index (χ3n) is 2.90. The lowest BCUT2D eigenvalue weighted by molar-refractivity contribution is -0.138. The Kier molecular flexibility index (Phi) is 4.34. The third-order valence-corrected chi connectivity index (χ3v) is 2.90. The molecule has 5 heteroatoms. The number of aliphatic carboxylic acids is 1. The summed E-state index contributed by atoms with van der Waals surface area (Å²) in [6, 6.07) is -0.974. The topological polar surface area (TPSA) is 110 Å². The first-order valence-electron chi connectivity index (χ1n) is 5.43. The summed E-state index contributed by atoms with van der Waals surface area (Å²) < 4.78 is 0. The maximum Gasteiger partial charge on any atom is 0.320 e. The van der Waals surface area contributed by atoms with Gasteiger partial charge in [-0.3, -0.25) is 4.79 Å². The van der Waals surface area contributed by atoms with Crippen molar-refractivity contribution in [1.82, 2.24) is 0 Å². The molecule has 1 rings (SSSR count). The molecular weight excluding hydrogens is 220 g/mol. The lowest BCUT2D eigenvalue weighted by Crippen LogP contribution is -2.32. The van der Waals surface area contributed by atoms with Gasteiger partial charge in [0.05, 0.1) is 0 Å². The molecule has 0 aromatic rings. The van der Waals surface area contributed by atoms with E-state index in [-0.39, 0.29) is 24.0 Å². The standard InChI is InChI=1S/C12H18N2O3/c1-7-2-3-9(15)5-10(7)8(6-13)4-11(14)12(16)17/h2-3,5-7,10-11,15H,4,13-14H2,1H3,(H,16,17)/b8-6-/t7-,10?,11?/m1/s1. The van der Waals surface area contributed by atoms with Gasteiger partial charge in [0.25, 0.3) is 0 Å². The number of carboxylic acids is 1. The highest BCUT2D eigenvalue weighted by Crippen LogP contribution is 2.30. The molecule has 0 bridgehead atoms. The highest BCUT2D eigenvalue weighted by molar-refractivity contribution is 5.73. The van der Waals surface area contributed by atoms with Crippen LogP contribution in [0.3, 0.4) is 0 Å². The fourth-order valence-corrected chi connectivity index (χ4v) is 1.86. The normalized spacial score (nSPS) is 26.5. The Morgan fingerprint density at radius 1 is 1.65 bits per heavy atom. The number of carbonyl (C=O) groups is 1. The zero-order valence-corrected chi connectivity index (χ0v) is 9.71. The average Bonchev–Trinajstić information content (AvgIpc) is 2.29. The largest absolute Gasteiger partial charge is 0.508 e. The fourth-order valence-electron chi connectivity index (χ4n) is 1.86. The van der Waals surface area contributed by atoms with Gasteiger partial charge < -0.3 is 21.7 Å². The monoisotopic (exact) mass is 238 g/mol. The summed E-state index contributed by atoms with van der Waals surface area (Å²) in [5.74, 6) is -0.843. The number of aliphatic hydroxyl groups excluding tert-OH is 1. The molecule has 0 saturated carbocycles. The van der Waals surface area contributed by atoms with Crippen LogP contribution in [0.25, 0.3) is 0 Å². The second kappa shape index (κ2) is 5.54. The van der Waals surface area contributed by atoms with E-state index >= 15 is 0 Å². The average molecular weight is 238 g/mol. The number of nitrogens with two attached hydrogens (primary N) is 2. The second-order valence-electron chi connectivity index (χ2n) is 4.23. The molecule has 94 valence electrons. The van der Waals surface area contributed by atoms with Crippen molar-refractivity contribution in [2.24, 2.45) is 23.3 Å².